The quantitative estimate of drug-likeness (QED) is 0.833. The average molecular weight is 255 g/mol. The maximum absolute atomic E-state index is 3.56. The number of hydrogen-bond acceptors (Lipinski definition) is 1. The average Bonchev–Trinajstić information content (AvgIpc) is 2.36. The van der Waals surface area contributed by atoms with Crippen molar-refractivity contribution in [3.63, 3.8) is 0 Å². The van der Waals surface area contributed by atoms with E-state index in [1.54, 1.807) is 0 Å². The van der Waals surface area contributed by atoms with Crippen LogP contribution >= 0.6 is 0 Å². The predicted octanol–water partition coefficient (Wildman–Crippen LogP) is 4.72. The largest absolute Gasteiger partial charge is 0.312 e. The molecule has 0 radical (unpaired) electrons. The van der Waals surface area contributed by atoms with Gasteiger partial charge in [0.25, 0.3) is 0 Å². The molecule has 1 unspecified atom stereocenters. The first-order valence-electron chi connectivity index (χ1n) is 7.19. The summed E-state index contributed by atoms with van der Waals surface area (Å²) in [5.41, 5.74) is 1.65. The molecule has 2 aromatic carbocycles. The molecule has 1 N–H and O–H groups in total. The molecule has 2 aromatic rings. The van der Waals surface area contributed by atoms with Crippen LogP contribution in [0.3, 0.4) is 0 Å². The third-order valence-electron chi connectivity index (χ3n) is 3.58. The molecule has 0 bridgehead atoms. The van der Waals surface area contributed by atoms with Gasteiger partial charge in [0.05, 0.1) is 0 Å². The zero-order valence-corrected chi connectivity index (χ0v) is 12.5. The highest BCUT2D eigenvalue weighted by atomic mass is 14.9. The molecule has 1 heteroatoms. The van der Waals surface area contributed by atoms with Crippen molar-refractivity contribution in [2.75, 3.05) is 6.54 Å². The minimum atomic E-state index is 0.211. The molecular formula is C18H25N. The zero-order valence-electron chi connectivity index (χ0n) is 12.5. The Kier molecular flexibility index (Phi) is 4.26. The summed E-state index contributed by atoms with van der Waals surface area (Å²) in [5.74, 6) is 0.597. The minimum absolute atomic E-state index is 0.211. The van der Waals surface area contributed by atoms with Gasteiger partial charge >= 0.3 is 0 Å². The van der Waals surface area contributed by atoms with Gasteiger partial charge in [-0.25, -0.2) is 0 Å². The van der Waals surface area contributed by atoms with Crippen molar-refractivity contribution >= 4 is 10.8 Å². The molecule has 2 rings (SSSR count). The number of rotatable bonds is 4. The summed E-state index contributed by atoms with van der Waals surface area (Å²) in [7, 11) is 0. The summed E-state index contributed by atoms with van der Waals surface area (Å²) in [6.07, 6.45) is 1.18. The van der Waals surface area contributed by atoms with E-state index in [-0.39, 0.29) is 5.54 Å². The normalized spacial score (nSPS) is 13.7. The third-order valence-corrected chi connectivity index (χ3v) is 3.58. The van der Waals surface area contributed by atoms with Crippen molar-refractivity contribution in [2.24, 2.45) is 0 Å². The summed E-state index contributed by atoms with van der Waals surface area (Å²) in [6, 6.07) is 15.4. The molecule has 0 aliphatic rings. The summed E-state index contributed by atoms with van der Waals surface area (Å²) < 4.78 is 0. The Morgan fingerprint density at radius 3 is 2.37 bits per heavy atom. The van der Waals surface area contributed by atoms with Gasteiger partial charge in [0.15, 0.2) is 0 Å². The maximum Gasteiger partial charge on any atom is 0.00965 e. The Bertz CT molecular complexity index is 537. The first-order chi connectivity index (χ1) is 8.96. The van der Waals surface area contributed by atoms with Crippen molar-refractivity contribution < 1.29 is 0 Å². The topological polar surface area (TPSA) is 12.0 Å². The van der Waals surface area contributed by atoms with Crippen LogP contribution in [0, 0.1) is 0 Å². The molecule has 102 valence electrons. The number of hydrogen-bond donors (Lipinski definition) is 1. The fourth-order valence-corrected chi connectivity index (χ4v) is 2.34. The van der Waals surface area contributed by atoms with Gasteiger partial charge in [0.1, 0.15) is 0 Å². The number of nitrogens with one attached hydrogen (secondary N) is 1. The van der Waals surface area contributed by atoms with Crippen LogP contribution < -0.4 is 5.32 Å². The van der Waals surface area contributed by atoms with Crippen LogP contribution in [-0.4, -0.2) is 12.1 Å². The molecule has 0 saturated carbocycles. The van der Waals surface area contributed by atoms with Crippen molar-refractivity contribution in [1.82, 2.24) is 5.32 Å². The van der Waals surface area contributed by atoms with Gasteiger partial charge in [-0.2, -0.15) is 0 Å². The minimum Gasteiger partial charge on any atom is -0.312 e. The van der Waals surface area contributed by atoms with E-state index in [1.807, 2.05) is 0 Å². The van der Waals surface area contributed by atoms with Gasteiger partial charge in [0.2, 0.25) is 0 Å². The summed E-state index contributed by atoms with van der Waals surface area (Å²) in [6.45, 7) is 10.0. The van der Waals surface area contributed by atoms with E-state index < -0.39 is 0 Å². The van der Waals surface area contributed by atoms with Gasteiger partial charge in [-0.1, -0.05) is 49.4 Å². The molecule has 0 spiro atoms. The lowest BCUT2D eigenvalue weighted by molar-refractivity contribution is 0.414. The molecule has 0 saturated heterocycles. The Labute approximate surface area is 117 Å². The maximum atomic E-state index is 3.56. The van der Waals surface area contributed by atoms with Crippen LogP contribution in [0.1, 0.15) is 45.6 Å². The van der Waals surface area contributed by atoms with Crippen LogP contribution in [0.25, 0.3) is 10.8 Å². The highest BCUT2D eigenvalue weighted by Crippen LogP contribution is 2.23. The lowest BCUT2D eigenvalue weighted by Gasteiger charge is -2.22. The lowest BCUT2D eigenvalue weighted by atomic mass is 9.95. The number of benzene rings is 2. The molecular weight excluding hydrogens is 230 g/mol. The van der Waals surface area contributed by atoms with Crippen molar-refractivity contribution in [3.8, 4) is 0 Å². The Hall–Kier alpha value is -1.34. The van der Waals surface area contributed by atoms with E-state index in [4.69, 9.17) is 0 Å². The van der Waals surface area contributed by atoms with E-state index >= 15 is 0 Å². The smallest absolute Gasteiger partial charge is 0.00965 e. The van der Waals surface area contributed by atoms with Gasteiger partial charge in [-0.05, 0) is 56.0 Å². The van der Waals surface area contributed by atoms with E-state index in [0.29, 0.717) is 5.92 Å². The molecule has 0 aromatic heterocycles. The zero-order chi connectivity index (χ0) is 13.9. The van der Waals surface area contributed by atoms with E-state index in [2.05, 4.69) is 75.5 Å². The van der Waals surface area contributed by atoms with Crippen LogP contribution in [0.15, 0.2) is 42.5 Å². The molecule has 0 aliphatic carbocycles. The van der Waals surface area contributed by atoms with Crippen molar-refractivity contribution in [1.29, 1.82) is 0 Å². The standard InChI is InChI=1S/C18H25N/c1-14(11-12-19-18(2,3)4)16-10-9-15-7-5-6-8-17(15)13-16/h5-10,13-14,19H,11-12H2,1-4H3. The summed E-state index contributed by atoms with van der Waals surface area (Å²) >= 11 is 0. The number of fused-ring (bicyclic) bond motifs is 1. The van der Waals surface area contributed by atoms with Gasteiger partial charge in [0, 0.05) is 5.54 Å². The molecule has 0 fully saturated rings. The van der Waals surface area contributed by atoms with Crippen LogP contribution in [0.2, 0.25) is 0 Å². The fourth-order valence-electron chi connectivity index (χ4n) is 2.34. The highest BCUT2D eigenvalue weighted by molar-refractivity contribution is 5.83. The van der Waals surface area contributed by atoms with Gasteiger partial charge in [-0.15, -0.1) is 0 Å². The van der Waals surface area contributed by atoms with Crippen LogP contribution in [0.4, 0.5) is 0 Å². The second kappa shape index (κ2) is 5.75. The first kappa shape index (κ1) is 14.1. The third kappa shape index (κ3) is 4.07. The highest BCUT2D eigenvalue weighted by Gasteiger charge is 2.10. The lowest BCUT2D eigenvalue weighted by Crippen LogP contribution is -2.36. The second-order valence-electron chi connectivity index (χ2n) is 6.47. The monoisotopic (exact) mass is 255 g/mol. The summed E-state index contributed by atoms with van der Waals surface area (Å²) in [4.78, 5) is 0. The molecule has 0 heterocycles. The van der Waals surface area contributed by atoms with Gasteiger partial charge in [-0.3, -0.25) is 0 Å². The fraction of sp³-hybridized carbons (Fsp3) is 0.444. The summed E-state index contributed by atoms with van der Waals surface area (Å²) in [5, 5.41) is 6.23. The Balaban J connectivity index is 2.03. The van der Waals surface area contributed by atoms with Gasteiger partial charge < -0.3 is 5.32 Å². The van der Waals surface area contributed by atoms with Crippen molar-refractivity contribution in [3.05, 3.63) is 48.0 Å². The SMILES string of the molecule is CC(CCNC(C)(C)C)c1ccc2ccccc2c1. The van der Waals surface area contributed by atoms with Crippen LogP contribution in [-0.2, 0) is 0 Å². The Morgan fingerprint density at radius 2 is 1.68 bits per heavy atom. The molecule has 1 atom stereocenters. The Morgan fingerprint density at radius 1 is 1.00 bits per heavy atom. The second-order valence-corrected chi connectivity index (χ2v) is 6.47. The van der Waals surface area contributed by atoms with Crippen molar-refractivity contribution in [2.45, 2.75) is 45.6 Å². The molecule has 0 amide bonds. The van der Waals surface area contributed by atoms with E-state index in [9.17, 15) is 0 Å². The van der Waals surface area contributed by atoms with E-state index in [0.717, 1.165) is 6.54 Å². The van der Waals surface area contributed by atoms with E-state index in [1.165, 1.54) is 22.8 Å². The first-order valence-corrected chi connectivity index (χ1v) is 7.19. The predicted molar refractivity (Wildman–Crippen MR) is 84.7 cm³/mol. The van der Waals surface area contributed by atoms with Crippen LogP contribution in [0.5, 0.6) is 0 Å². The molecule has 1 nitrogen and oxygen atoms in total. The molecule has 0 aliphatic heterocycles. The molecule has 19 heavy (non-hydrogen) atoms.